The number of rotatable bonds is 8. The van der Waals surface area contributed by atoms with Gasteiger partial charge in [0.05, 0.1) is 17.9 Å². The summed E-state index contributed by atoms with van der Waals surface area (Å²) in [5.41, 5.74) is 2.13. The van der Waals surface area contributed by atoms with Crippen molar-refractivity contribution in [2.45, 2.75) is 45.6 Å². The standard InChI is InChI=1S/C26H27ClN2O4S/c1-3-32-21-13-6-5-12-20(21)28-25(31)23-19-11-4-7-14-22(19)34-26(23)29-24(30)16(2)33-18-10-8-9-17(27)15-18/h5-6,8-10,12-13,15-16H,3-4,7,11,14H2,1-2H3,(H,28,31)(H,29,30). The molecule has 3 aromatic rings. The molecule has 34 heavy (non-hydrogen) atoms. The molecule has 0 fully saturated rings. The van der Waals surface area contributed by atoms with Gasteiger partial charge in [0.25, 0.3) is 11.8 Å². The molecular weight excluding hydrogens is 472 g/mol. The van der Waals surface area contributed by atoms with Gasteiger partial charge in [-0.15, -0.1) is 11.3 Å². The van der Waals surface area contributed by atoms with E-state index < -0.39 is 6.10 Å². The molecule has 2 aromatic carbocycles. The van der Waals surface area contributed by atoms with Crippen LogP contribution in [-0.4, -0.2) is 24.5 Å². The molecule has 8 heteroatoms. The maximum atomic E-state index is 13.4. The van der Waals surface area contributed by atoms with E-state index in [4.69, 9.17) is 21.1 Å². The Hall–Kier alpha value is -3.03. The van der Waals surface area contributed by atoms with Gasteiger partial charge in [0.15, 0.2) is 6.10 Å². The summed E-state index contributed by atoms with van der Waals surface area (Å²) >= 11 is 7.49. The van der Waals surface area contributed by atoms with Crippen molar-refractivity contribution in [2.75, 3.05) is 17.2 Å². The Morgan fingerprint density at radius 3 is 2.68 bits per heavy atom. The van der Waals surface area contributed by atoms with E-state index in [1.54, 1.807) is 37.3 Å². The number of thiophene rings is 1. The second kappa shape index (κ2) is 10.9. The van der Waals surface area contributed by atoms with Crippen molar-refractivity contribution in [1.29, 1.82) is 0 Å². The number of hydrogen-bond acceptors (Lipinski definition) is 5. The first-order valence-corrected chi connectivity index (χ1v) is 12.6. The highest BCUT2D eigenvalue weighted by atomic mass is 35.5. The molecule has 1 aliphatic carbocycles. The number of aryl methyl sites for hydroxylation is 1. The van der Waals surface area contributed by atoms with Gasteiger partial charge in [-0.3, -0.25) is 9.59 Å². The normalized spacial score (nSPS) is 13.5. The number of fused-ring (bicyclic) bond motifs is 1. The SMILES string of the molecule is CCOc1ccccc1NC(=O)c1c(NC(=O)C(C)Oc2cccc(Cl)c2)sc2c1CCCC2. The van der Waals surface area contributed by atoms with Crippen LogP contribution in [0.4, 0.5) is 10.7 Å². The quantitative estimate of drug-likeness (QED) is 0.380. The molecule has 0 saturated heterocycles. The summed E-state index contributed by atoms with van der Waals surface area (Å²) in [4.78, 5) is 27.6. The molecule has 178 valence electrons. The monoisotopic (exact) mass is 498 g/mol. The largest absolute Gasteiger partial charge is 0.492 e. The topological polar surface area (TPSA) is 76.7 Å². The molecule has 1 aromatic heterocycles. The molecule has 1 atom stereocenters. The van der Waals surface area contributed by atoms with Crippen LogP contribution in [0, 0.1) is 0 Å². The third-order valence-electron chi connectivity index (χ3n) is 5.55. The molecular formula is C26H27ClN2O4S. The summed E-state index contributed by atoms with van der Waals surface area (Å²) in [5.74, 6) is 0.523. The lowest BCUT2D eigenvalue weighted by molar-refractivity contribution is -0.122. The first kappa shape index (κ1) is 24.1. The number of carbonyl (C=O) groups is 2. The molecule has 0 bridgehead atoms. The summed E-state index contributed by atoms with van der Waals surface area (Å²) in [6.45, 7) is 4.06. The molecule has 1 aliphatic rings. The second-order valence-corrected chi connectivity index (χ2v) is 9.55. The number of carbonyl (C=O) groups excluding carboxylic acids is 2. The Labute approximate surface area is 208 Å². The van der Waals surface area contributed by atoms with Crippen molar-refractivity contribution >= 4 is 45.4 Å². The molecule has 0 spiro atoms. The van der Waals surface area contributed by atoms with Crippen LogP contribution in [0.5, 0.6) is 11.5 Å². The summed E-state index contributed by atoms with van der Waals surface area (Å²) in [6, 6.07) is 14.2. The number of para-hydroxylation sites is 2. The Kier molecular flexibility index (Phi) is 7.75. The van der Waals surface area contributed by atoms with Gasteiger partial charge in [0.1, 0.15) is 16.5 Å². The van der Waals surface area contributed by atoms with Gasteiger partial charge < -0.3 is 20.1 Å². The zero-order valence-electron chi connectivity index (χ0n) is 19.2. The van der Waals surface area contributed by atoms with Gasteiger partial charge >= 0.3 is 0 Å². The highest BCUT2D eigenvalue weighted by Crippen LogP contribution is 2.39. The van der Waals surface area contributed by atoms with Gasteiger partial charge in [0, 0.05) is 9.90 Å². The van der Waals surface area contributed by atoms with E-state index in [-0.39, 0.29) is 11.8 Å². The highest BCUT2D eigenvalue weighted by Gasteiger charge is 2.28. The minimum absolute atomic E-state index is 0.259. The fourth-order valence-corrected chi connectivity index (χ4v) is 5.41. The van der Waals surface area contributed by atoms with Crippen molar-refractivity contribution in [3.63, 3.8) is 0 Å². The lowest BCUT2D eigenvalue weighted by Crippen LogP contribution is -2.30. The first-order valence-electron chi connectivity index (χ1n) is 11.4. The maximum Gasteiger partial charge on any atom is 0.265 e. The zero-order chi connectivity index (χ0) is 24.1. The van der Waals surface area contributed by atoms with Gasteiger partial charge in [-0.25, -0.2) is 0 Å². The number of hydrogen-bond donors (Lipinski definition) is 2. The Balaban J connectivity index is 1.57. The molecule has 4 rings (SSSR count). The van der Waals surface area contributed by atoms with E-state index in [0.29, 0.717) is 39.4 Å². The van der Waals surface area contributed by atoms with Gasteiger partial charge in [-0.1, -0.05) is 29.8 Å². The summed E-state index contributed by atoms with van der Waals surface area (Å²) in [6.07, 6.45) is 3.03. The Morgan fingerprint density at radius 1 is 1.09 bits per heavy atom. The van der Waals surface area contributed by atoms with Crippen molar-refractivity contribution in [2.24, 2.45) is 0 Å². The third-order valence-corrected chi connectivity index (χ3v) is 6.99. The van der Waals surface area contributed by atoms with E-state index >= 15 is 0 Å². The van der Waals surface area contributed by atoms with Crippen LogP contribution in [0.2, 0.25) is 5.02 Å². The van der Waals surface area contributed by atoms with Crippen LogP contribution >= 0.6 is 22.9 Å². The number of halogens is 1. The van der Waals surface area contributed by atoms with E-state index in [2.05, 4.69) is 10.6 Å². The Bertz CT molecular complexity index is 1190. The molecule has 2 N–H and O–H groups in total. The zero-order valence-corrected chi connectivity index (χ0v) is 20.7. The predicted octanol–water partition coefficient (Wildman–Crippen LogP) is 6.34. The van der Waals surface area contributed by atoms with E-state index in [1.807, 2.05) is 25.1 Å². The fourth-order valence-electron chi connectivity index (χ4n) is 3.94. The minimum Gasteiger partial charge on any atom is -0.492 e. The Morgan fingerprint density at radius 2 is 1.88 bits per heavy atom. The van der Waals surface area contributed by atoms with E-state index in [0.717, 1.165) is 36.1 Å². The molecule has 1 heterocycles. The predicted molar refractivity (Wildman–Crippen MR) is 137 cm³/mol. The molecule has 0 radical (unpaired) electrons. The number of nitrogens with one attached hydrogen (secondary N) is 2. The van der Waals surface area contributed by atoms with Gasteiger partial charge in [-0.05, 0) is 75.4 Å². The smallest absolute Gasteiger partial charge is 0.265 e. The summed E-state index contributed by atoms with van der Waals surface area (Å²) < 4.78 is 11.4. The number of benzene rings is 2. The van der Waals surface area contributed by atoms with Crippen LogP contribution in [0.25, 0.3) is 0 Å². The van der Waals surface area contributed by atoms with E-state index in [1.165, 1.54) is 11.3 Å². The number of ether oxygens (including phenoxy) is 2. The van der Waals surface area contributed by atoms with Crippen molar-refractivity contribution < 1.29 is 19.1 Å². The van der Waals surface area contributed by atoms with Crippen LogP contribution in [0.1, 0.15) is 47.5 Å². The molecule has 2 amide bonds. The average molecular weight is 499 g/mol. The van der Waals surface area contributed by atoms with Crippen LogP contribution in [-0.2, 0) is 17.6 Å². The van der Waals surface area contributed by atoms with Crippen molar-refractivity contribution in [3.05, 3.63) is 69.6 Å². The fraction of sp³-hybridized carbons (Fsp3) is 0.308. The minimum atomic E-state index is -0.771. The lowest BCUT2D eigenvalue weighted by Gasteiger charge is -2.16. The first-order chi connectivity index (χ1) is 16.5. The third kappa shape index (κ3) is 5.54. The van der Waals surface area contributed by atoms with E-state index in [9.17, 15) is 9.59 Å². The highest BCUT2D eigenvalue weighted by molar-refractivity contribution is 7.17. The van der Waals surface area contributed by atoms with Gasteiger partial charge in [0.2, 0.25) is 0 Å². The summed E-state index contributed by atoms with van der Waals surface area (Å²) in [7, 11) is 0. The maximum absolute atomic E-state index is 13.4. The van der Waals surface area contributed by atoms with Crippen LogP contribution < -0.4 is 20.1 Å². The van der Waals surface area contributed by atoms with Crippen LogP contribution in [0.3, 0.4) is 0 Å². The lowest BCUT2D eigenvalue weighted by atomic mass is 9.95. The average Bonchev–Trinajstić information content (AvgIpc) is 3.18. The molecule has 0 saturated carbocycles. The second-order valence-electron chi connectivity index (χ2n) is 8.01. The van der Waals surface area contributed by atoms with Crippen molar-refractivity contribution in [1.82, 2.24) is 0 Å². The van der Waals surface area contributed by atoms with Gasteiger partial charge in [-0.2, -0.15) is 0 Å². The molecule has 6 nitrogen and oxygen atoms in total. The number of amides is 2. The van der Waals surface area contributed by atoms with Crippen molar-refractivity contribution in [3.8, 4) is 11.5 Å². The van der Waals surface area contributed by atoms with Crippen LogP contribution in [0.15, 0.2) is 48.5 Å². The summed E-state index contributed by atoms with van der Waals surface area (Å²) in [5, 5.41) is 7.00. The molecule has 0 aliphatic heterocycles. The number of anilines is 2. The molecule has 1 unspecified atom stereocenters.